The zero-order valence-corrected chi connectivity index (χ0v) is 18.2. The monoisotopic (exact) mass is 453 g/mol. The van der Waals surface area contributed by atoms with Gasteiger partial charge < -0.3 is 14.4 Å². The summed E-state index contributed by atoms with van der Waals surface area (Å²) >= 11 is 2.47. The first-order valence-corrected chi connectivity index (χ1v) is 11.2. The molecular weight excluding hydrogens is 434 g/mol. The zero-order chi connectivity index (χ0) is 21.6. The molecule has 3 heterocycles. The number of aromatic nitrogens is 1. The molecule has 0 bridgehead atoms. The summed E-state index contributed by atoms with van der Waals surface area (Å²) in [6.45, 7) is 1.10. The third-order valence-corrected chi connectivity index (χ3v) is 5.86. The number of hydrogen-bond donors (Lipinski definition) is 1. The summed E-state index contributed by atoms with van der Waals surface area (Å²) in [5, 5.41) is 5.78. The van der Waals surface area contributed by atoms with E-state index < -0.39 is 0 Å². The van der Waals surface area contributed by atoms with Crippen molar-refractivity contribution in [3.05, 3.63) is 69.9 Å². The lowest BCUT2D eigenvalue weighted by Crippen LogP contribution is -2.24. The molecule has 1 aromatic carbocycles. The predicted octanol–water partition coefficient (Wildman–Crippen LogP) is 4.77. The number of rotatable bonds is 8. The van der Waals surface area contributed by atoms with Gasteiger partial charge in [-0.2, -0.15) is 0 Å². The second-order valence-corrected chi connectivity index (χ2v) is 8.37. The van der Waals surface area contributed by atoms with Gasteiger partial charge >= 0.3 is 0 Å². The molecule has 2 aromatic heterocycles. The molecule has 1 N–H and O–H groups in total. The Balaban J connectivity index is 1.32. The van der Waals surface area contributed by atoms with E-state index in [0.29, 0.717) is 23.9 Å². The van der Waals surface area contributed by atoms with E-state index in [-0.39, 0.29) is 11.1 Å². The van der Waals surface area contributed by atoms with Crippen LogP contribution in [0.5, 0.6) is 17.4 Å². The molecule has 2 amide bonds. The molecule has 0 atom stereocenters. The van der Waals surface area contributed by atoms with Crippen molar-refractivity contribution in [1.29, 1.82) is 0 Å². The topological polar surface area (TPSA) is 80.8 Å². The molecule has 3 aromatic rings. The Morgan fingerprint density at radius 1 is 1.13 bits per heavy atom. The first-order chi connectivity index (χ1) is 15.1. The molecular formula is C22H19N3O4S2. The Kier molecular flexibility index (Phi) is 6.54. The van der Waals surface area contributed by atoms with E-state index in [9.17, 15) is 9.59 Å². The number of likely N-dealkylation sites (N-methyl/N-ethyl adjacent to an activating group) is 1. The summed E-state index contributed by atoms with van der Waals surface area (Å²) in [5.41, 5.74) is 1.70. The van der Waals surface area contributed by atoms with E-state index in [1.807, 2.05) is 65.2 Å². The summed E-state index contributed by atoms with van der Waals surface area (Å²) in [5.74, 6) is 1.67. The molecule has 158 valence electrons. The van der Waals surface area contributed by atoms with Crippen LogP contribution in [0.1, 0.15) is 5.56 Å². The van der Waals surface area contributed by atoms with Crippen LogP contribution in [0.3, 0.4) is 0 Å². The average molecular weight is 454 g/mol. The van der Waals surface area contributed by atoms with Crippen LogP contribution in [0.2, 0.25) is 0 Å². The van der Waals surface area contributed by atoms with E-state index in [2.05, 4.69) is 10.3 Å². The van der Waals surface area contributed by atoms with E-state index in [0.717, 1.165) is 34.5 Å². The molecule has 0 unspecified atom stereocenters. The number of pyridine rings is 1. The van der Waals surface area contributed by atoms with Gasteiger partial charge in [-0.15, -0.1) is 11.3 Å². The molecule has 0 spiro atoms. The summed E-state index contributed by atoms with van der Waals surface area (Å²) in [4.78, 5) is 29.6. The molecule has 4 rings (SSSR count). The maximum atomic E-state index is 11.6. The largest absolute Gasteiger partial charge is 0.492 e. The minimum atomic E-state index is -0.365. The Hall–Kier alpha value is -3.30. The molecule has 31 heavy (non-hydrogen) atoms. The van der Waals surface area contributed by atoms with E-state index in [1.54, 1.807) is 23.6 Å². The number of ether oxygens (including phenoxy) is 2. The number of nitrogens with one attached hydrogen (secondary N) is 1. The Bertz CT molecular complexity index is 1100. The van der Waals surface area contributed by atoms with Gasteiger partial charge in [0.2, 0.25) is 5.88 Å². The fourth-order valence-corrected chi connectivity index (χ4v) is 4.06. The highest BCUT2D eigenvalue weighted by molar-refractivity contribution is 8.18. The number of nitrogens with zero attached hydrogens (tertiary/aromatic N) is 2. The second-order valence-electron chi connectivity index (χ2n) is 6.58. The van der Waals surface area contributed by atoms with Crippen LogP contribution in [0.4, 0.5) is 10.5 Å². The maximum absolute atomic E-state index is 11.6. The third-order valence-electron chi connectivity index (χ3n) is 4.39. The lowest BCUT2D eigenvalue weighted by atomic mass is 10.2. The molecule has 0 radical (unpaired) electrons. The summed E-state index contributed by atoms with van der Waals surface area (Å²) in [7, 11) is 1.96. The van der Waals surface area contributed by atoms with E-state index in [4.69, 9.17) is 9.47 Å². The van der Waals surface area contributed by atoms with Crippen molar-refractivity contribution in [1.82, 2.24) is 10.3 Å². The minimum absolute atomic E-state index is 0.349. The van der Waals surface area contributed by atoms with Crippen LogP contribution < -0.4 is 19.7 Å². The number of thiophene rings is 1. The number of anilines is 1. The molecule has 0 aliphatic carbocycles. The highest BCUT2D eigenvalue weighted by Crippen LogP contribution is 2.30. The zero-order valence-electron chi connectivity index (χ0n) is 16.6. The van der Waals surface area contributed by atoms with Crippen LogP contribution in [0, 0.1) is 0 Å². The minimum Gasteiger partial charge on any atom is -0.492 e. The number of carbonyl (C=O) groups excluding carboxylic acids is 2. The van der Waals surface area contributed by atoms with Gasteiger partial charge in [-0.25, -0.2) is 4.98 Å². The van der Waals surface area contributed by atoms with Crippen molar-refractivity contribution in [3.63, 3.8) is 0 Å². The van der Waals surface area contributed by atoms with Gasteiger partial charge in [-0.1, -0.05) is 12.1 Å². The van der Waals surface area contributed by atoms with Crippen molar-refractivity contribution >= 4 is 46.0 Å². The number of benzene rings is 1. The van der Waals surface area contributed by atoms with Crippen molar-refractivity contribution in [2.75, 3.05) is 25.1 Å². The lowest BCUT2D eigenvalue weighted by molar-refractivity contribution is -0.115. The second kappa shape index (κ2) is 9.67. The number of amides is 2. The summed E-state index contributed by atoms with van der Waals surface area (Å²) < 4.78 is 11.7. The number of thioether (sulfide) groups is 1. The molecule has 7 nitrogen and oxygen atoms in total. The van der Waals surface area contributed by atoms with Gasteiger partial charge in [-0.05, 0) is 59.1 Å². The smallest absolute Gasteiger partial charge is 0.290 e. The normalized spacial score (nSPS) is 14.5. The first-order valence-electron chi connectivity index (χ1n) is 9.42. The van der Waals surface area contributed by atoms with E-state index in [1.165, 1.54) is 0 Å². The van der Waals surface area contributed by atoms with Crippen LogP contribution >= 0.6 is 23.1 Å². The SMILES string of the molecule is CN(CCOc1ccc(C=C2SC(=O)NC2=O)cc1)c1cccnc1Oc1ccsc1. The van der Waals surface area contributed by atoms with Crippen molar-refractivity contribution in [2.45, 2.75) is 0 Å². The first kappa shape index (κ1) is 21.0. The van der Waals surface area contributed by atoms with Gasteiger partial charge in [0.05, 0.1) is 11.4 Å². The fourth-order valence-electron chi connectivity index (χ4n) is 2.83. The fraction of sp³-hybridized carbons (Fsp3) is 0.136. The highest BCUT2D eigenvalue weighted by Gasteiger charge is 2.24. The molecule has 1 saturated heterocycles. The van der Waals surface area contributed by atoms with Crippen LogP contribution in [-0.2, 0) is 4.79 Å². The van der Waals surface area contributed by atoms with Crippen LogP contribution in [0.25, 0.3) is 6.08 Å². The van der Waals surface area contributed by atoms with Crippen molar-refractivity contribution in [3.8, 4) is 17.4 Å². The highest BCUT2D eigenvalue weighted by atomic mass is 32.2. The van der Waals surface area contributed by atoms with Gasteiger partial charge in [0, 0.05) is 18.6 Å². The summed E-state index contributed by atoms with van der Waals surface area (Å²) in [6, 6.07) is 13.1. The molecule has 1 aliphatic heterocycles. The number of carbonyl (C=O) groups is 2. The molecule has 0 saturated carbocycles. The Labute approximate surface area is 187 Å². The lowest BCUT2D eigenvalue weighted by Gasteiger charge is -2.21. The Morgan fingerprint density at radius 2 is 1.97 bits per heavy atom. The van der Waals surface area contributed by atoms with E-state index >= 15 is 0 Å². The number of hydrogen-bond acceptors (Lipinski definition) is 8. The van der Waals surface area contributed by atoms with Gasteiger partial charge in [0.25, 0.3) is 11.1 Å². The quantitative estimate of drug-likeness (QED) is 0.492. The average Bonchev–Trinajstić information content (AvgIpc) is 3.38. The predicted molar refractivity (Wildman–Crippen MR) is 123 cm³/mol. The molecule has 1 aliphatic rings. The van der Waals surface area contributed by atoms with Crippen LogP contribution in [-0.4, -0.2) is 36.3 Å². The van der Waals surface area contributed by atoms with Crippen molar-refractivity contribution < 1.29 is 19.1 Å². The molecule has 9 heteroatoms. The Morgan fingerprint density at radius 3 is 2.68 bits per heavy atom. The third kappa shape index (κ3) is 5.44. The molecule has 1 fully saturated rings. The van der Waals surface area contributed by atoms with Gasteiger partial charge in [0.1, 0.15) is 23.8 Å². The summed E-state index contributed by atoms with van der Waals surface area (Å²) in [6.07, 6.45) is 3.38. The van der Waals surface area contributed by atoms with Gasteiger partial charge in [-0.3, -0.25) is 14.9 Å². The maximum Gasteiger partial charge on any atom is 0.290 e. The van der Waals surface area contributed by atoms with Gasteiger partial charge in [0.15, 0.2) is 0 Å². The standard InChI is InChI=1S/C22H19N3O4S2/c1-25(18-3-2-9-23-21(18)29-17-8-12-30-14-17)10-11-28-16-6-4-15(5-7-16)13-19-20(26)24-22(27)31-19/h2-9,12-14H,10-11H2,1H3,(H,24,26,27). The van der Waals surface area contributed by atoms with Crippen molar-refractivity contribution in [2.24, 2.45) is 0 Å². The number of imide groups is 1. The van der Waals surface area contributed by atoms with Crippen LogP contribution in [0.15, 0.2) is 64.3 Å².